The van der Waals surface area contributed by atoms with Crippen molar-refractivity contribution in [1.82, 2.24) is 4.90 Å². The normalized spacial score (nSPS) is 17.7. The minimum atomic E-state index is 0.103. The Hall–Kier alpha value is -2.13. The minimum absolute atomic E-state index is 0.103. The fourth-order valence-corrected chi connectivity index (χ4v) is 3.25. The maximum absolute atomic E-state index is 12.7. The summed E-state index contributed by atoms with van der Waals surface area (Å²) in [5, 5.41) is 0. The van der Waals surface area contributed by atoms with Crippen molar-refractivity contribution in [2.75, 3.05) is 20.2 Å². The van der Waals surface area contributed by atoms with Crippen molar-refractivity contribution >= 4 is 5.91 Å². The molecule has 1 unspecified atom stereocenters. The van der Waals surface area contributed by atoms with Crippen LogP contribution in [-0.4, -0.2) is 37.1 Å². The summed E-state index contributed by atoms with van der Waals surface area (Å²) in [4.78, 5) is 14.7. The van der Waals surface area contributed by atoms with Gasteiger partial charge in [0.05, 0.1) is 6.10 Å². The van der Waals surface area contributed by atoms with E-state index in [1.54, 1.807) is 7.11 Å². The number of likely N-dealkylation sites (tertiary alicyclic amines) is 1. The number of methoxy groups -OCH3 is 1. The summed E-state index contributed by atoms with van der Waals surface area (Å²) in [6.45, 7) is 1.51. The number of nitrogens with zero attached hydrogens (tertiary/aromatic N) is 1. The third kappa shape index (κ3) is 3.80. The molecule has 1 fully saturated rings. The van der Waals surface area contributed by atoms with E-state index >= 15 is 0 Å². The van der Waals surface area contributed by atoms with Crippen LogP contribution in [0.1, 0.15) is 29.9 Å². The molecule has 1 aliphatic heterocycles. The lowest BCUT2D eigenvalue weighted by Gasteiger charge is -2.22. The van der Waals surface area contributed by atoms with Crippen LogP contribution in [0.25, 0.3) is 0 Å². The molecule has 2 aromatic carbocycles. The maximum Gasteiger partial charge on any atom is 0.223 e. The average molecular weight is 309 g/mol. The molecule has 3 nitrogen and oxygen atoms in total. The zero-order valence-corrected chi connectivity index (χ0v) is 13.5. The number of amides is 1. The number of hydrogen-bond donors (Lipinski definition) is 0. The van der Waals surface area contributed by atoms with Crippen molar-refractivity contribution in [3.05, 3.63) is 71.8 Å². The Morgan fingerprint density at radius 3 is 2.13 bits per heavy atom. The molecule has 0 N–H and O–H groups in total. The van der Waals surface area contributed by atoms with Gasteiger partial charge in [0.1, 0.15) is 0 Å². The average Bonchev–Trinajstić information content (AvgIpc) is 3.10. The fourth-order valence-electron chi connectivity index (χ4n) is 3.25. The Kier molecular flexibility index (Phi) is 5.09. The number of carbonyl (C=O) groups excluding carboxylic acids is 1. The third-order valence-corrected chi connectivity index (χ3v) is 4.61. The van der Waals surface area contributed by atoms with Gasteiger partial charge in [0.25, 0.3) is 0 Å². The molecule has 1 atom stereocenters. The highest BCUT2D eigenvalue weighted by molar-refractivity contribution is 5.78. The predicted octanol–water partition coefficient (Wildman–Crippen LogP) is 3.46. The molecule has 120 valence electrons. The van der Waals surface area contributed by atoms with Gasteiger partial charge in [0.2, 0.25) is 5.91 Å². The van der Waals surface area contributed by atoms with E-state index in [0.717, 1.165) is 13.0 Å². The topological polar surface area (TPSA) is 29.5 Å². The number of hydrogen-bond acceptors (Lipinski definition) is 2. The first-order valence-electron chi connectivity index (χ1n) is 8.18. The lowest BCUT2D eigenvalue weighted by atomic mass is 9.88. The van der Waals surface area contributed by atoms with Gasteiger partial charge in [-0.05, 0) is 17.5 Å². The van der Waals surface area contributed by atoms with Gasteiger partial charge in [0.15, 0.2) is 0 Å². The van der Waals surface area contributed by atoms with E-state index in [-0.39, 0.29) is 17.9 Å². The largest absolute Gasteiger partial charge is 0.380 e. The standard InChI is InChI=1S/C20H23NO2/c1-23-18-12-13-21(15-18)20(22)14-19(16-8-4-2-5-9-16)17-10-6-3-7-11-17/h2-11,18-19H,12-15H2,1H3. The number of carbonyl (C=O) groups is 1. The molecule has 1 saturated heterocycles. The first-order valence-corrected chi connectivity index (χ1v) is 8.18. The molecule has 2 aromatic rings. The highest BCUT2D eigenvalue weighted by Gasteiger charge is 2.28. The van der Waals surface area contributed by atoms with Gasteiger partial charge in [0, 0.05) is 32.5 Å². The smallest absolute Gasteiger partial charge is 0.223 e. The van der Waals surface area contributed by atoms with Crippen LogP contribution in [0.4, 0.5) is 0 Å². The molecule has 1 heterocycles. The van der Waals surface area contributed by atoms with E-state index in [1.807, 2.05) is 41.3 Å². The van der Waals surface area contributed by atoms with Gasteiger partial charge >= 0.3 is 0 Å². The van der Waals surface area contributed by atoms with Gasteiger partial charge in [-0.3, -0.25) is 4.79 Å². The number of ether oxygens (including phenoxy) is 1. The first-order chi connectivity index (χ1) is 11.3. The van der Waals surface area contributed by atoms with Gasteiger partial charge in [-0.15, -0.1) is 0 Å². The lowest BCUT2D eigenvalue weighted by molar-refractivity contribution is -0.130. The number of rotatable bonds is 5. The van der Waals surface area contributed by atoms with Crippen molar-refractivity contribution in [3.63, 3.8) is 0 Å². The summed E-state index contributed by atoms with van der Waals surface area (Å²) < 4.78 is 5.37. The van der Waals surface area contributed by atoms with E-state index in [1.165, 1.54) is 11.1 Å². The van der Waals surface area contributed by atoms with Gasteiger partial charge in [-0.2, -0.15) is 0 Å². The van der Waals surface area contributed by atoms with Crippen LogP contribution in [0.15, 0.2) is 60.7 Å². The van der Waals surface area contributed by atoms with Crippen molar-refractivity contribution in [2.45, 2.75) is 24.9 Å². The highest BCUT2D eigenvalue weighted by Crippen LogP contribution is 2.29. The second kappa shape index (κ2) is 7.42. The Labute approximate surface area is 137 Å². The quantitative estimate of drug-likeness (QED) is 0.846. The minimum Gasteiger partial charge on any atom is -0.380 e. The predicted molar refractivity (Wildman–Crippen MR) is 91.3 cm³/mol. The van der Waals surface area contributed by atoms with Crippen molar-refractivity contribution < 1.29 is 9.53 Å². The zero-order valence-electron chi connectivity index (χ0n) is 13.5. The molecular formula is C20H23NO2. The molecule has 0 bridgehead atoms. The van der Waals surface area contributed by atoms with Crippen LogP contribution in [0.3, 0.4) is 0 Å². The molecule has 0 spiro atoms. The molecular weight excluding hydrogens is 286 g/mol. The molecule has 0 aliphatic carbocycles. The number of benzene rings is 2. The van der Waals surface area contributed by atoms with Crippen molar-refractivity contribution in [1.29, 1.82) is 0 Å². The monoisotopic (exact) mass is 309 g/mol. The third-order valence-electron chi connectivity index (χ3n) is 4.61. The van der Waals surface area contributed by atoms with E-state index in [0.29, 0.717) is 13.0 Å². The van der Waals surface area contributed by atoms with Crippen LogP contribution in [0, 0.1) is 0 Å². The van der Waals surface area contributed by atoms with Gasteiger partial charge in [-0.1, -0.05) is 60.7 Å². The first kappa shape index (κ1) is 15.8. The van der Waals surface area contributed by atoms with E-state index in [4.69, 9.17) is 4.74 Å². The second-order valence-electron chi connectivity index (χ2n) is 6.06. The van der Waals surface area contributed by atoms with Crippen LogP contribution in [0.5, 0.6) is 0 Å². The zero-order chi connectivity index (χ0) is 16.1. The van der Waals surface area contributed by atoms with E-state index in [2.05, 4.69) is 24.3 Å². The van der Waals surface area contributed by atoms with Gasteiger partial charge in [-0.25, -0.2) is 0 Å². The Morgan fingerprint density at radius 1 is 1.09 bits per heavy atom. The van der Waals surface area contributed by atoms with Crippen molar-refractivity contribution in [2.24, 2.45) is 0 Å². The Balaban J connectivity index is 1.78. The molecule has 3 rings (SSSR count). The summed E-state index contributed by atoms with van der Waals surface area (Å²) in [5.41, 5.74) is 2.38. The molecule has 1 amide bonds. The summed E-state index contributed by atoms with van der Waals surface area (Å²) in [6.07, 6.45) is 1.62. The van der Waals surface area contributed by atoms with E-state index in [9.17, 15) is 4.79 Å². The van der Waals surface area contributed by atoms with Crippen LogP contribution >= 0.6 is 0 Å². The highest BCUT2D eigenvalue weighted by atomic mass is 16.5. The maximum atomic E-state index is 12.7. The lowest BCUT2D eigenvalue weighted by Crippen LogP contribution is -2.31. The van der Waals surface area contributed by atoms with Crippen LogP contribution in [0.2, 0.25) is 0 Å². The Bertz CT molecular complexity index is 587. The SMILES string of the molecule is COC1CCN(C(=O)CC(c2ccccc2)c2ccccc2)C1. The summed E-state index contributed by atoms with van der Waals surface area (Å²) >= 11 is 0. The summed E-state index contributed by atoms with van der Waals surface area (Å²) in [5.74, 6) is 0.314. The van der Waals surface area contributed by atoms with Gasteiger partial charge < -0.3 is 9.64 Å². The second-order valence-corrected chi connectivity index (χ2v) is 6.06. The molecule has 3 heteroatoms. The fraction of sp³-hybridized carbons (Fsp3) is 0.350. The molecule has 0 saturated carbocycles. The van der Waals surface area contributed by atoms with Crippen LogP contribution < -0.4 is 0 Å². The summed E-state index contributed by atoms with van der Waals surface area (Å²) in [6, 6.07) is 20.6. The van der Waals surface area contributed by atoms with Crippen LogP contribution in [-0.2, 0) is 9.53 Å². The molecule has 0 radical (unpaired) electrons. The Morgan fingerprint density at radius 2 is 1.65 bits per heavy atom. The molecule has 1 aliphatic rings. The molecule has 23 heavy (non-hydrogen) atoms. The van der Waals surface area contributed by atoms with Crippen molar-refractivity contribution in [3.8, 4) is 0 Å². The van der Waals surface area contributed by atoms with E-state index < -0.39 is 0 Å². The summed E-state index contributed by atoms with van der Waals surface area (Å²) in [7, 11) is 1.72. The molecule has 0 aromatic heterocycles.